The van der Waals surface area contributed by atoms with Gasteiger partial charge in [-0.2, -0.15) is 13.2 Å². The zero-order valence-corrected chi connectivity index (χ0v) is 18.0. The van der Waals surface area contributed by atoms with Crippen LogP contribution < -0.4 is 10.6 Å². The van der Waals surface area contributed by atoms with Crippen LogP contribution in [0.1, 0.15) is 22.8 Å². The summed E-state index contributed by atoms with van der Waals surface area (Å²) in [5, 5.41) is 29.8. The molecule has 1 atom stereocenters. The van der Waals surface area contributed by atoms with Gasteiger partial charge in [0, 0.05) is 33.7 Å². The minimum atomic E-state index is -5.08. The maximum Gasteiger partial charge on any atom is 0.490 e. The van der Waals surface area contributed by atoms with Gasteiger partial charge in [0.15, 0.2) is 0 Å². The number of alkyl halides is 3. The summed E-state index contributed by atoms with van der Waals surface area (Å²) < 4.78 is 32.4. The lowest BCUT2D eigenvalue weighted by Crippen LogP contribution is -2.31. The molecule has 0 spiro atoms. The molecule has 0 radical (unpaired) electrons. The summed E-state index contributed by atoms with van der Waals surface area (Å²) in [5.41, 5.74) is 3.90. The van der Waals surface area contributed by atoms with Crippen molar-refractivity contribution < 1.29 is 33.3 Å². The normalized spacial score (nSPS) is 18.1. The van der Waals surface area contributed by atoms with E-state index in [0.29, 0.717) is 10.2 Å². The van der Waals surface area contributed by atoms with E-state index < -0.39 is 12.1 Å². The highest BCUT2D eigenvalue weighted by Crippen LogP contribution is 2.51. The Balaban J connectivity index is 0.000000289. The van der Waals surface area contributed by atoms with Crippen molar-refractivity contribution in [1.82, 2.24) is 0 Å². The molecule has 162 valence electrons. The molecule has 3 N–H and O–H groups in total. The molecule has 0 bridgehead atoms. The Labute approximate surface area is 186 Å². The second-order valence-electron chi connectivity index (χ2n) is 7.00. The van der Waals surface area contributed by atoms with Crippen molar-refractivity contribution in [2.75, 3.05) is 6.54 Å². The molecule has 0 aromatic heterocycles. The number of nitrogens with zero attached hydrogens (tertiary/aromatic N) is 2. The smallest absolute Gasteiger partial charge is 0.490 e. The molecule has 11 heteroatoms. The van der Waals surface area contributed by atoms with Crippen LogP contribution in [0.25, 0.3) is 5.57 Å². The Morgan fingerprint density at radius 3 is 2.61 bits per heavy atom. The molecular formula is C20H14BrF3N2O4S. The number of hydrogen-bond acceptors (Lipinski definition) is 6. The Hall–Kier alpha value is -2.53. The van der Waals surface area contributed by atoms with Crippen molar-refractivity contribution >= 4 is 51.1 Å². The molecule has 2 aromatic rings. The molecule has 0 saturated heterocycles. The molecule has 3 aliphatic heterocycles. The lowest BCUT2D eigenvalue weighted by molar-refractivity contribution is -0.192. The fourth-order valence-corrected chi connectivity index (χ4v) is 5.33. The molecule has 6 nitrogen and oxygen atoms in total. The second-order valence-corrected chi connectivity index (χ2v) is 9.10. The number of aromatic hydroxyl groups is 2. The summed E-state index contributed by atoms with van der Waals surface area (Å²) in [6.45, 7) is 0.775. The van der Waals surface area contributed by atoms with Crippen molar-refractivity contribution in [2.24, 2.45) is 9.98 Å². The summed E-state index contributed by atoms with van der Waals surface area (Å²) in [7, 11) is 0. The molecule has 0 fully saturated rings. The van der Waals surface area contributed by atoms with Gasteiger partial charge in [-0.25, -0.2) is 4.79 Å². The van der Waals surface area contributed by atoms with Crippen LogP contribution in [-0.2, 0) is 11.2 Å². The molecule has 2 aromatic carbocycles. The van der Waals surface area contributed by atoms with E-state index >= 15 is 0 Å². The van der Waals surface area contributed by atoms with Crippen molar-refractivity contribution in [3.8, 4) is 11.5 Å². The number of thioether (sulfide) groups is 1. The molecule has 3 aliphatic rings. The van der Waals surface area contributed by atoms with Crippen LogP contribution in [0.2, 0.25) is 0 Å². The molecule has 5 rings (SSSR count). The van der Waals surface area contributed by atoms with Gasteiger partial charge >= 0.3 is 12.1 Å². The minimum absolute atomic E-state index is 0.103. The number of phenols is 2. The Morgan fingerprint density at radius 1 is 1.23 bits per heavy atom. The zero-order valence-electron chi connectivity index (χ0n) is 15.6. The van der Waals surface area contributed by atoms with E-state index in [-0.39, 0.29) is 16.7 Å². The van der Waals surface area contributed by atoms with E-state index in [1.807, 2.05) is 18.3 Å². The van der Waals surface area contributed by atoms with Gasteiger partial charge in [-0.05, 0) is 58.1 Å². The largest absolute Gasteiger partial charge is 0.507 e. The van der Waals surface area contributed by atoms with Gasteiger partial charge in [0.2, 0.25) is 0 Å². The summed E-state index contributed by atoms with van der Waals surface area (Å²) in [6.07, 6.45) is -1.53. The highest BCUT2D eigenvalue weighted by molar-refractivity contribution is 9.10. The van der Waals surface area contributed by atoms with E-state index in [1.54, 1.807) is 17.8 Å². The summed E-state index contributed by atoms with van der Waals surface area (Å²) in [4.78, 5) is 19.0. The first kappa shape index (κ1) is 21.7. The molecule has 0 amide bonds. The van der Waals surface area contributed by atoms with Gasteiger partial charge in [-0.1, -0.05) is 0 Å². The van der Waals surface area contributed by atoms with Gasteiger partial charge < -0.3 is 15.3 Å². The maximum absolute atomic E-state index is 10.8. The third-order valence-electron chi connectivity index (χ3n) is 5.01. The molecule has 3 heterocycles. The van der Waals surface area contributed by atoms with E-state index in [1.165, 1.54) is 11.1 Å². The molecule has 0 saturated carbocycles. The molecule has 0 aliphatic carbocycles. The molecule has 1 unspecified atom stereocenters. The number of carboxylic acids is 1. The van der Waals surface area contributed by atoms with Crippen molar-refractivity contribution in [1.29, 1.82) is 0 Å². The predicted molar refractivity (Wildman–Crippen MR) is 112 cm³/mol. The van der Waals surface area contributed by atoms with E-state index in [0.717, 1.165) is 40.4 Å². The van der Waals surface area contributed by atoms with Gasteiger partial charge in [-0.3, -0.25) is 9.98 Å². The van der Waals surface area contributed by atoms with Crippen LogP contribution in [-0.4, -0.2) is 40.2 Å². The number of benzene rings is 2. The van der Waals surface area contributed by atoms with Gasteiger partial charge in [0.1, 0.15) is 17.2 Å². The highest BCUT2D eigenvalue weighted by Gasteiger charge is 2.38. The summed E-state index contributed by atoms with van der Waals surface area (Å²) in [5.74, 6) is -2.24. The van der Waals surface area contributed by atoms with Crippen molar-refractivity contribution in [2.45, 2.75) is 29.2 Å². The number of halogens is 4. The SMILES string of the molecule is O=C(O)C(F)(F)F.Oc1cc2c(cc1Br)CC(c1cc3c4c(c1O)N=CC=4CCN=3)S2. The fraction of sp³-hybridized carbons (Fsp3) is 0.250. The number of fused-ring (bicyclic) bond motifs is 1. The van der Waals surface area contributed by atoms with Crippen LogP contribution in [0.4, 0.5) is 18.9 Å². The average Bonchev–Trinajstić information content (AvgIpc) is 3.30. The van der Waals surface area contributed by atoms with E-state index in [9.17, 15) is 23.4 Å². The number of carboxylic acid groups (broad SMARTS) is 1. The average molecular weight is 515 g/mol. The first-order valence-electron chi connectivity index (χ1n) is 9.02. The zero-order chi connectivity index (χ0) is 22.5. The van der Waals surface area contributed by atoms with Gasteiger partial charge in [0.25, 0.3) is 0 Å². The first-order valence-corrected chi connectivity index (χ1v) is 10.7. The Kier molecular flexibility index (Phi) is 5.50. The Bertz CT molecular complexity index is 1230. The number of hydrogen-bond donors (Lipinski definition) is 3. The lowest BCUT2D eigenvalue weighted by atomic mass is 9.99. The number of aliphatic imine (C=N–C) groups is 1. The standard InChI is InChI=1S/C18H13BrN2O2S.C2HF3O2/c19-11-3-9-4-15(24-14(9)6-13(11)22)10-5-12-16-8(1-2-20-12)7-21-17(16)18(10)23;3-2(4,5)1(6)7/h3,5-7,15,22-23H,1-2,4H2;(H,6,7). The van der Waals surface area contributed by atoms with Crippen LogP contribution in [0.3, 0.4) is 0 Å². The highest BCUT2D eigenvalue weighted by atomic mass is 79.9. The summed E-state index contributed by atoms with van der Waals surface area (Å²) in [6, 6.07) is 5.76. The second kappa shape index (κ2) is 7.86. The predicted octanol–water partition coefficient (Wildman–Crippen LogP) is 3.77. The lowest BCUT2D eigenvalue weighted by Gasteiger charge is -2.14. The van der Waals surface area contributed by atoms with Crippen molar-refractivity contribution in [3.05, 3.63) is 44.4 Å². The number of rotatable bonds is 1. The third-order valence-corrected chi connectivity index (χ3v) is 6.98. The van der Waals surface area contributed by atoms with Crippen LogP contribution in [0, 0.1) is 0 Å². The number of phenolic OH excluding ortho intramolecular Hbond substituents is 2. The van der Waals surface area contributed by atoms with E-state index in [4.69, 9.17) is 9.90 Å². The van der Waals surface area contributed by atoms with Crippen LogP contribution in [0.15, 0.2) is 37.6 Å². The molecule has 31 heavy (non-hydrogen) atoms. The van der Waals surface area contributed by atoms with Crippen molar-refractivity contribution in [3.63, 3.8) is 0 Å². The summed E-state index contributed by atoms with van der Waals surface area (Å²) >= 11 is 5.04. The first-order chi connectivity index (χ1) is 14.6. The third kappa shape index (κ3) is 4.03. The van der Waals surface area contributed by atoms with Crippen LogP contribution in [0.5, 0.6) is 11.5 Å². The Morgan fingerprint density at radius 2 is 1.94 bits per heavy atom. The maximum atomic E-state index is 10.8. The number of carbonyl (C=O) groups is 1. The van der Waals surface area contributed by atoms with Crippen LogP contribution >= 0.6 is 27.7 Å². The van der Waals surface area contributed by atoms with Gasteiger partial charge in [-0.15, -0.1) is 11.8 Å². The minimum Gasteiger partial charge on any atom is -0.507 e. The van der Waals surface area contributed by atoms with E-state index in [2.05, 4.69) is 25.9 Å². The monoisotopic (exact) mass is 514 g/mol. The number of aliphatic carboxylic acids is 1. The fourth-order valence-electron chi connectivity index (χ4n) is 3.59. The topological polar surface area (TPSA) is 102 Å². The molecular weight excluding hydrogens is 501 g/mol. The quantitative estimate of drug-likeness (QED) is 0.537. The van der Waals surface area contributed by atoms with Gasteiger partial charge in [0.05, 0.1) is 9.83 Å².